The van der Waals surface area contributed by atoms with Crippen molar-refractivity contribution >= 4 is 11.9 Å². The summed E-state index contributed by atoms with van der Waals surface area (Å²) in [6, 6.07) is 0. The molecule has 296 valence electrons. The van der Waals surface area contributed by atoms with Crippen LogP contribution in [0.1, 0.15) is 245 Å². The second kappa shape index (κ2) is 48.9. The smallest absolute Gasteiger partial charge is 0.135 e. The zero-order valence-corrected chi connectivity index (χ0v) is 33.4. The van der Waals surface area contributed by atoms with Crippen molar-refractivity contribution in [2.45, 2.75) is 251 Å². The van der Waals surface area contributed by atoms with Crippen molar-refractivity contribution in [1.29, 1.82) is 0 Å². The number of nitrogens with two attached hydrogens (primary N) is 1. The number of quaternary nitrogens is 2. The van der Waals surface area contributed by atoms with E-state index >= 15 is 0 Å². The Morgan fingerprint density at radius 2 is 0.653 bits per heavy atom. The average molecular weight is 700 g/mol. The third-order valence-electron chi connectivity index (χ3n) is 9.29. The molecule has 0 aliphatic heterocycles. The average Bonchev–Trinajstić information content (AvgIpc) is 3.07. The van der Waals surface area contributed by atoms with Crippen LogP contribution in [-0.4, -0.2) is 24.6 Å². The van der Waals surface area contributed by atoms with E-state index in [9.17, 15) is 19.8 Å². The van der Waals surface area contributed by atoms with Crippen LogP contribution in [0.2, 0.25) is 0 Å². The Bertz CT molecular complexity index is 575. The third kappa shape index (κ3) is 62.4. The van der Waals surface area contributed by atoms with E-state index in [4.69, 9.17) is 5.73 Å². The predicted molar refractivity (Wildman–Crippen MR) is 206 cm³/mol. The van der Waals surface area contributed by atoms with Gasteiger partial charge >= 0.3 is 0 Å². The maximum Gasteiger partial charge on any atom is 0.135 e. The lowest BCUT2D eigenvalue weighted by molar-refractivity contribution is -0.419. The molecule has 0 radical (unpaired) electrons. The summed E-state index contributed by atoms with van der Waals surface area (Å²) in [5.41, 5.74) is 12.9. The van der Waals surface area contributed by atoms with Gasteiger partial charge in [-0.05, 0) is 44.9 Å². The number of carboxylic acid groups (broad SMARTS) is 2. The van der Waals surface area contributed by atoms with E-state index in [1.807, 2.05) is 0 Å². The molecule has 0 aromatic heterocycles. The van der Waals surface area contributed by atoms with Crippen LogP contribution in [0.4, 0.5) is 0 Å². The van der Waals surface area contributed by atoms with E-state index in [0.717, 1.165) is 38.6 Å². The fourth-order valence-electron chi connectivity index (χ4n) is 6.04. The number of carbonyl (C=O) groups excluding carboxylic acids is 2. The minimum Gasteiger partial charge on any atom is -0.550 e. The van der Waals surface area contributed by atoms with Crippen molar-refractivity contribution in [3.63, 3.8) is 0 Å². The van der Waals surface area contributed by atoms with Crippen molar-refractivity contribution < 1.29 is 31.3 Å². The highest BCUT2D eigenvalue weighted by molar-refractivity contribution is 5.64. The van der Waals surface area contributed by atoms with E-state index in [1.165, 1.54) is 186 Å². The first-order valence-corrected chi connectivity index (χ1v) is 21.6. The van der Waals surface area contributed by atoms with Crippen molar-refractivity contribution in [3.05, 3.63) is 0 Å². The number of unbranched alkanes of at least 4 members (excludes halogenated alkanes) is 30. The molecule has 8 N–H and O–H groups in total. The zero-order chi connectivity index (χ0) is 36.9. The Labute approximate surface area is 306 Å². The SMILES string of the molecule is CCCCCCCCCCCCCCCCCC(=O)[O-].CCCCCCCCCCCCCCCCCC(=O)[O-].NC([NH3+])CCCCC[NH3+]. The Kier molecular flexibility index (Phi) is 52.1. The summed E-state index contributed by atoms with van der Waals surface area (Å²) in [6.07, 6.45) is 44.6. The van der Waals surface area contributed by atoms with Crippen LogP contribution >= 0.6 is 0 Å². The fourth-order valence-corrected chi connectivity index (χ4v) is 6.04. The van der Waals surface area contributed by atoms with E-state index in [0.29, 0.717) is 0 Å². The molecule has 49 heavy (non-hydrogen) atoms. The molecule has 0 saturated carbocycles. The molecule has 0 bridgehead atoms. The van der Waals surface area contributed by atoms with Gasteiger partial charge in [-0.25, -0.2) is 0 Å². The molecule has 0 amide bonds. The minimum atomic E-state index is -0.903. The van der Waals surface area contributed by atoms with Gasteiger partial charge in [-0.3, -0.25) is 5.73 Å². The normalized spacial score (nSPS) is 11.4. The van der Waals surface area contributed by atoms with Crippen LogP contribution in [0.5, 0.6) is 0 Å². The van der Waals surface area contributed by atoms with Crippen LogP contribution in [0.3, 0.4) is 0 Å². The summed E-state index contributed by atoms with van der Waals surface area (Å²) in [5.74, 6) is -1.81. The molecular weight excluding hydrogens is 610 g/mol. The first-order valence-electron chi connectivity index (χ1n) is 21.6. The first-order chi connectivity index (χ1) is 23.8. The maximum atomic E-state index is 10.2. The monoisotopic (exact) mass is 700 g/mol. The highest BCUT2D eigenvalue weighted by Crippen LogP contribution is 2.15. The maximum absolute atomic E-state index is 10.2. The number of hydrogen-bond donors (Lipinski definition) is 3. The predicted octanol–water partition coefficient (Wildman–Crippen LogP) is 8.31. The van der Waals surface area contributed by atoms with Gasteiger partial charge in [0.1, 0.15) is 6.17 Å². The van der Waals surface area contributed by atoms with E-state index in [-0.39, 0.29) is 19.0 Å². The Morgan fingerprint density at radius 3 is 0.857 bits per heavy atom. The van der Waals surface area contributed by atoms with Gasteiger partial charge < -0.3 is 31.3 Å². The van der Waals surface area contributed by atoms with Crippen molar-refractivity contribution in [3.8, 4) is 0 Å². The Morgan fingerprint density at radius 1 is 0.429 bits per heavy atom. The van der Waals surface area contributed by atoms with Gasteiger partial charge in [0.15, 0.2) is 0 Å². The van der Waals surface area contributed by atoms with Crippen LogP contribution in [0.25, 0.3) is 0 Å². The van der Waals surface area contributed by atoms with Crippen LogP contribution in [0, 0.1) is 0 Å². The van der Waals surface area contributed by atoms with Gasteiger partial charge in [0.2, 0.25) is 0 Å². The van der Waals surface area contributed by atoms with Crippen LogP contribution < -0.4 is 27.4 Å². The molecule has 0 aromatic rings. The highest BCUT2D eigenvalue weighted by Gasteiger charge is 1.97. The quantitative estimate of drug-likeness (QED) is 0.0438. The van der Waals surface area contributed by atoms with E-state index < -0.39 is 11.9 Å². The number of hydrogen-bond acceptors (Lipinski definition) is 5. The van der Waals surface area contributed by atoms with Gasteiger partial charge in [-0.1, -0.05) is 194 Å². The highest BCUT2D eigenvalue weighted by atomic mass is 16.4. The number of aliphatic carboxylic acids is 2. The molecule has 7 heteroatoms. The standard InChI is InChI=1S/2C18H36O2.C6H17N3/c2*1-2-3-4-5-6-7-8-9-10-11-12-13-14-15-16-17-18(19)20;7-5-3-1-2-4-6(8)9/h2*2-17H2,1H3,(H,19,20);6H,1-5,7-9H2. The summed E-state index contributed by atoms with van der Waals surface area (Å²) in [4.78, 5) is 20.4. The van der Waals surface area contributed by atoms with Crippen molar-refractivity contribution in [2.75, 3.05) is 6.54 Å². The number of rotatable bonds is 37. The van der Waals surface area contributed by atoms with Crippen LogP contribution in [0.15, 0.2) is 0 Å². The molecule has 0 heterocycles. The first kappa shape index (κ1) is 52.2. The molecule has 0 fully saturated rings. The van der Waals surface area contributed by atoms with E-state index in [1.54, 1.807) is 0 Å². The zero-order valence-electron chi connectivity index (χ0n) is 33.4. The Hall–Kier alpha value is -1.18. The van der Waals surface area contributed by atoms with Gasteiger partial charge in [0.25, 0.3) is 0 Å². The lowest BCUT2D eigenvalue weighted by Crippen LogP contribution is -2.65. The van der Waals surface area contributed by atoms with Crippen molar-refractivity contribution in [2.24, 2.45) is 5.73 Å². The van der Waals surface area contributed by atoms with Gasteiger partial charge in [0.05, 0.1) is 6.54 Å². The molecule has 0 saturated heterocycles. The van der Waals surface area contributed by atoms with Gasteiger partial charge in [0, 0.05) is 18.4 Å². The minimum absolute atomic E-state index is 0.134. The summed E-state index contributed by atoms with van der Waals surface area (Å²) in [5, 5.41) is 20.4. The number of carbonyl (C=O) groups is 2. The molecule has 0 aliphatic carbocycles. The molecule has 7 nitrogen and oxygen atoms in total. The second-order valence-corrected chi connectivity index (χ2v) is 14.6. The largest absolute Gasteiger partial charge is 0.550 e. The summed E-state index contributed by atoms with van der Waals surface area (Å²) >= 11 is 0. The summed E-state index contributed by atoms with van der Waals surface area (Å²) in [6.45, 7) is 5.58. The van der Waals surface area contributed by atoms with E-state index in [2.05, 4.69) is 25.3 Å². The molecule has 1 atom stereocenters. The summed E-state index contributed by atoms with van der Waals surface area (Å²) < 4.78 is 0. The lowest BCUT2D eigenvalue weighted by atomic mass is 10.0. The molecular formula is C42H89N3O4. The van der Waals surface area contributed by atoms with Crippen LogP contribution in [-0.2, 0) is 9.59 Å². The number of carboxylic acids is 2. The van der Waals surface area contributed by atoms with Gasteiger partial charge in [-0.2, -0.15) is 0 Å². The van der Waals surface area contributed by atoms with Crippen molar-refractivity contribution in [1.82, 2.24) is 0 Å². The molecule has 0 aromatic carbocycles. The summed E-state index contributed by atoms with van der Waals surface area (Å²) in [7, 11) is 0. The third-order valence-corrected chi connectivity index (χ3v) is 9.29. The lowest BCUT2D eigenvalue weighted by Gasteiger charge is -2.04. The topological polar surface area (TPSA) is 162 Å². The fraction of sp³-hybridized carbons (Fsp3) is 0.952. The molecule has 0 aliphatic rings. The second-order valence-electron chi connectivity index (χ2n) is 14.6. The van der Waals surface area contributed by atoms with Gasteiger partial charge in [-0.15, -0.1) is 0 Å². The Balaban J connectivity index is -0.000000695. The molecule has 0 rings (SSSR count). The molecule has 0 spiro atoms. The molecule has 1 unspecified atom stereocenters.